The summed E-state index contributed by atoms with van der Waals surface area (Å²) in [6.45, 7) is 0.994. The quantitative estimate of drug-likeness (QED) is 0.130. The van der Waals surface area contributed by atoms with E-state index >= 15 is 0 Å². The lowest BCUT2D eigenvalue weighted by Gasteiger charge is -2.14. The summed E-state index contributed by atoms with van der Waals surface area (Å²) < 4.78 is 12.0. The fourth-order valence-electron chi connectivity index (χ4n) is 3.29. The monoisotopic (exact) mass is 527 g/mol. The van der Waals surface area contributed by atoms with Gasteiger partial charge in [-0.05, 0) is 53.6 Å². The number of benzene rings is 3. The first kappa shape index (κ1) is 24.7. The van der Waals surface area contributed by atoms with Crippen molar-refractivity contribution >= 4 is 63.6 Å². The van der Waals surface area contributed by atoms with Gasteiger partial charge >= 0.3 is 0 Å². The van der Waals surface area contributed by atoms with Gasteiger partial charge in [0.2, 0.25) is 0 Å². The van der Waals surface area contributed by atoms with E-state index in [1.165, 1.54) is 11.8 Å². The van der Waals surface area contributed by atoms with Crippen molar-refractivity contribution in [2.45, 2.75) is 11.4 Å². The molecule has 1 fully saturated rings. The smallest absolute Gasteiger partial charge is 0.266 e. The first-order valence-corrected chi connectivity index (χ1v) is 13.1. The highest BCUT2D eigenvalue weighted by Gasteiger charge is 2.32. The maximum Gasteiger partial charge on any atom is 0.266 e. The summed E-state index contributed by atoms with van der Waals surface area (Å²) in [5, 5.41) is 0.726. The molecule has 0 aliphatic carbocycles. The first-order valence-electron chi connectivity index (χ1n) is 10.5. The summed E-state index contributed by atoms with van der Waals surface area (Å²) in [5.41, 5.74) is 1.89. The Labute approximate surface area is 218 Å². The third-order valence-electron chi connectivity index (χ3n) is 4.97. The van der Waals surface area contributed by atoms with Gasteiger partial charge in [-0.25, -0.2) is 0 Å². The fraction of sp³-hybridized carbons (Fsp3) is 0.154. The van der Waals surface area contributed by atoms with Crippen molar-refractivity contribution in [3.63, 3.8) is 0 Å². The number of rotatable bonds is 9. The Morgan fingerprint density at radius 1 is 1.06 bits per heavy atom. The van der Waals surface area contributed by atoms with Gasteiger partial charge in [-0.15, -0.1) is 11.8 Å². The van der Waals surface area contributed by atoms with Crippen LogP contribution >= 0.6 is 47.3 Å². The summed E-state index contributed by atoms with van der Waals surface area (Å²) in [6, 6.07) is 23.2. The van der Waals surface area contributed by atoms with Gasteiger partial charge in [0.1, 0.15) is 4.32 Å². The zero-order chi connectivity index (χ0) is 23.9. The molecular weight excluding hydrogens is 506 g/mol. The number of methoxy groups -OCH3 is 1. The second-order valence-electron chi connectivity index (χ2n) is 7.31. The zero-order valence-corrected chi connectivity index (χ0v) is 21.6. The van der Waals surface area contributed by atoms with Crippen molar-refractivity contribution in [3.8, 4) is 11.5 Å². The van der Waals surface area contributed by atoms with Gasteiger partial charge in [-0.1, -0.05) is 72.0 Å². The molecular formula is C26H22ClNO3S3. The van der Waals surface area contributed by atoms with Crippen molar-refractivity contribution in [1.82, 2.24) is 4.90 Å². The van der Waals surface area contributed by atoms with Crippen molar-refractivity contribution in [2.24, 2.45) is 0 Å². The standard InChI is InChI=1S/C26H22ClNO3S3/c1-30-23-15-19(7-12-22(23)31-13-14-33-21-10-8-20(27)9-11-21)16-24-25(29)28(26(32)34-24)17-18-5-3-2-4-6-18/h2-12,15-16H,13-14,17H2,1H3. The van der Waals surface area contributed by atoms with Crippen LogP contribution in [0.25, 0.3) is 6.08 Å². The highest BCUT2D eigenvalue weighted by Crippen LogP contribution is 2.35. The molecule has 1 saturated heterocycles. The van der Waals surface area contributed by atoms with Crippen LogP contribution in [0, 0.1) is 0 Å². The van der Waals surface area contributed by atoms with Crippen molar-refractivity contribution in [1.29, 1.82) is 0 Å². The Hall–Kier alpha value is -2.45. The largest absolute Gasteiger partial charge is 0.493 e. The van der Waals surface area contributed by atoms with Gasteiger partial charge < -0.3 is 9.47 Å². The number of hydrogen-bond acceptors (Lipinski definition) is 6. The van der Waals surface area contributed by atoms with Crippen LogP contribution in [0.3, 0.4) is 0 Å². The van der Waals surface area contributed by atoms with E-state index in [-0.39, 0.29) is 5.91 Å². The molecule has 0 aromatic heterocycles. The second kappa shape index (κ2) is 11.8. The van der Waals surface area contributed by atoms with Gasteiger partial charge in [0, 0.05) is 15.7 Å². The van der Waals surface area contributed by atoms with Crippen LogP contribution in [0.2, 0.25) is 5.02 Å². The normalized spacial score (nSPS) is 14.6. The summed E-state index contributed by atoms with van der Waals surface area (Å²) in [6.07, 6.45) is 1.84. The number of hydrogen-bond donors (Lipinski definition) is 0. The SMILES string of the molecule is COc1cc(C=C2SC(=S)N(Cc3ccccc3)C2=O)ccc1OCCSc1ccc(Cl)cc1. The van der Waals surface area contributed by atoms with Gasteiger partial charge in [0.05, 0.1) is 25.2 Å². The number of halogens is 1. The number of thioether (sulfide) groups is 2. The molecule has 0 atom stereocenters. The minimum atomic E-state index is -0.0858. The minimum Gasteiger partial charge on any atom is -0.493 e. The Balaban J connectivity index is 1.38. The number of thiocarbonyl (C=S) groups is 1. The van der Waals surface area contributed by atoms with E-state index in [4.69, 9.17) is 33.3 Å². The van der Waals surface area contributed by atoms with Gasteiger partial charge in [-0.3, -0.25) is 9.69 Å². The molecule has 0 bridgehead atoms. The molecule has 174 valence electrons. The summed E-state index contributed by atoms with van der Waals surface area (Å²) in [5.74, 6) is 1.98. The highest BCUT2D eigenvalue weighted by atomic mass is 35.5. The molecule has 0 N–H and O–H groups in total. The second-order valence-corrected chi connectivity index (χ2v) is 10.6. The van der Waals surface area contributed by atoms with E-state index in [1.807, 2.05) is 78.9 Å². The Kier molecular flexibility index (Phi) is 8.56. The van der Waals surface area contributed by atoms with Crippen LogP contribution in [0.5, 0.6) is 11.5 Å². The summed E-state index contributed by atoms with van der Waals surface area (Å²) in [4.78, 5) is 16.3. The molecule has 3 aromatic rings. The fourth-order valence-corrected chi connectivity index (χ4v) is 5.40. The Bertz CT molecular complexity index is 1200. The zero-order valence-electron chi connectivity index (χ0n) is 18.4. The average Bonchev–Trinajstić information content (AvgIpc) is 3.11. The molecule has 0 unspecified atom stereocenters. The summed E-state index contributed by atoms with van der Waals surface area (Å²) >= 11 is 14.4. The van der Waals surface area contributed by atoms with Crippen LogP contribution in [0.15, 0.2) is 82.6 Å². The van der Waals surface area contributed by atoms with Crippen LogP contribution in [0.1, 0.15) is 11.1 Å². The van der Waals surface area contributed by atoms with E-state index in [2.05, 4.69) is 0 Å². The van der Waals surface area contributed by atoms with Crippen molar-refractivity contribution < 1.29 is 14.3 Å². The molecule has 4 rings (SSSR count). The average molecular weight is 528 g/mol. The number of carbonyl (C=O) groups excluding carboxylic acids is 1. The third kappa shape index (κ3) is 6.36. The topological polar surface area (TPSA) is 38.8 Å². The van der Waals surface area contributed by atoms with Crippen molar-refractivity contribution in [2.75, 3.05) is 19.5 Å². The lowest BCUT2D eigenvalue weighted by molar-refractivity contribution is -0.122. The summed E-state index contributed by atoms with van der Waals surface area (Å²) in [7, 11) is 1.60. The van der Waals surface area contributed by atoms with E-state index in [0.717, 1.165) is 26.8 Å². The molecule has 34 heavy (non-hydrogen) atoms. The molecule has 8 heteroatoms. The highest BCUT2D eigenvalue weighted by molar-refractivity contribution is 8.26. The van der Waals surface area contributed by atoms with Gasteiger partial charge in [-0.2, -0.15) is 0 Å². The molecule has 0 radical (unpaired) electrons. The lowest BCUT2D eigenvalue weighted by atomic mass is 10.1. The Morgan fingerprint density at radius 3 is 2.56 bits per heavy atom. The molecule has 1 aliphatic rings. The van der Waals surface area contributed by atoms with Gasteiger partial charge in [0.25, 0.3) is 5.91 Å². The molecule has 1 heterocycles. The molecule has 1 amide bonds. The molecule has 4 nitrogen and oxygen atoms in total. The van der Waals surface area contributed by atoms with Crippen LogP contribution < -0.4 is 9.47 Å². The van der Waals surface area contributed by atoms with E-state index in [0.29, 0.717) is 33.9 Å². The van der Waals surface area contributed by atoms with Crippen LogP contribution in [-0.4, -0.2) is 34.6 Å². The van der Waals surface area contributed by atoms with E-state index < -0.39 is 0 Å². The number of nitrogens with zero attached hydrogens (tertiary/aromatic N) is 1. The minimum absolute atomic E-state index is 0.0858. The maximum atomic E-state index is 12.9. The third-order valence-corrected chi connectivity index (χ3v) is 7.57. The van der Waals surface area contributed by atoms with Crippen LogP contribution in [0.4, 0.5) is 0 Å². The molecule has 0 spiro atoms. The molecule has 3 aromatic carbocycles. The molecule has 0 saturated carbocycles. The number of amides is 1. The molecule has 1 aliphatic heterocycles. The maximum absolute atomic E-state index is 12.9. The van der Waals surface area contributed by atoms with Gasteiger partial charge in [0.15, 0.2) is 11.5 Å². The predicted octanol–water partition coefficient (Wildman–Crippen LogP) is 6.92. The van der Waals surface area contributed by atoms with E-state index in [1.54, 1.807) is 23.8 Å². The van der Waals surface area contributed by atoms with Crippen LogP contribution in [-0.2, 0) is 11.3 Å². The predicted molar refractivity (Wildman–Crippen MR) is 146 cm³/mol. The number of ether oxygens (including phenoxy) is 2. The first-order chi connectivity index (χ1) is 16.5. The Morgan fingerprint density at radius 2 is 1.82 bits per heavy atom. The van der Waals surface area contributed by atoms with Crippen molar-refractivity contribution in [3.05, 3.63) is 93.9 Å². The van der Waals surface area contributed by atoms with E-state index in [9.17, 15) is 4.79 Å². The number of carbonyl (C=O) groups is 1. The lowest BCUT2D eigenvalue weighted by Crippen LogP contribution is -2.27.